The van der Waals surface area contributed by atoms with Crippen molar-refractivity contribution in [3.63, 3.8) is 0 Å². The molecule has 0 radical (unpaired) electrons. The lowest BCUT2D eigenvalue weighted by Crippen LogP contribution is -1.92. The molecule has 4 rings (SSSR count). The standard InChI is InChI=1S/C20H18N4OS2/c1-13-7-3-5-9-16(13)18-23-24-20(25-18)27-12-15-11-26-19(21-15)22-17-10-6-4-8-14(17)2/h3-11H,12H2,1-2H3,(H,21,22). The molecule has 0 unspecified atom stereocenters. The minimum atomic E-state index is 0.551. The van der Waals surface area contributed by atoms with Crippen molar-refractivity contribution in [1.82, 2.24) is 15.2 Å². The third-order valence-electron chi connectivity index (χ3n) is 4.06. The number of rotatable bonds is 6. The first kappa shape index (κ1) is 17.8. The van der Waals surface area contributed by atoms with Gasteiger partial charge in [-0.1, -0.05) is 48.2 Å². The van der Waals surface area contributed by atoms with E-state index in [2.05, 4.69) is 39.6 Å². The Labute approximate surface area is 165 Å². The van der Waals surface area contributed by atoms with E-state index < -0.39 is 0 Å². The molecule has 136 valence electrons. The monoisotopic (exact) mass is 394 g/mol. The van der Waals surface area contributed by atoms with E-state index in [0.29, 0.717) is 16.9 Å². The highest BCUT2D eigenvalue weighted by molar-refractivity contribution is 7.98. The molecule has 2 aromatic carbocycles. The van der Waals surface area contributed by atoms with Crippen molar-refractivity contribution in [2.24, 2.45) is 0 Å². The Morgan fingerprint density at radius 1 is 1.00 bits per heavy atom. The zero-order valence-electron chi connectivity index (χ0n) is 15.0. The smallest absolute Gasteiger partial charge is 0.277 e. The van der Waals surface area contributed by atoms with Gasteiger partial charge in [0.2, 0.25) is 5.89 Å². The van der Waals surface area contributed by atoms with Crippen molar-refractivity contribution in [3.05, 3.63) is 70.7 Å². The number of nitrogens with one attached hydrogen (secondary N) is 1. The highest BCUT2D eigenvalue weighted by atomic mass is 32.2. The number of benzene rings is 2. The second-order valence-electron chi connectivity index (χ2n) is 6.06. The molecule has 0 aliphatic carbocycles. The highest BCUT2D eigenvalue weighted by Gasteiger charge is 2.12. The molecule has 1 N–H and O–H groups in total. The van der Waals surface area contributed by atoms with Gasteiger partial charge in [0, 0.05) is 22.4 Å². The molecule has 0 aliphatic rings. The van der Waals surface area contributed by atoms with Gasteiger partial charge in [0.1, 0.15) is 0 Å². The van der Waals surface area contributed by atoms with E-state index in [9.17, 15) is 0 Å². The number of aryl methyl sites for hydroxylation is 2. The zero-order chi connectivity index (χ0) is 18.6. The topological polar surface area (TPSA) is 63.8 Å². The Kier molecular flexibility index (Phi) is 5.22. The molecule has 2 aromatic heterocycles. The van der Waals surface area contributed by atoms with E-state index in [1.807, 2.05) is 48.7 Å². The van der Waals surface area contributed by atoms with Crippen molar-refractivity contribution >= 4 is 33.9 Å². The van der Waals surface area contributed by atoms with E-state index in [1.165, 1.54) is 17.3 Å². The molecule has 2 heterocycles. The molecule has 7 heteroatoms. The molecule has 0 saturated carbocycles. The first-order valence-electron chi connectivity index (χ1n) is 8.48. The fraction of sp³-hybridized carbons (Fsp3) is 0.150. The fourth-order valence-corrected chi connectivity index (χ4v) is 4.07. The van der Waals surface area contributed by atoms with Crippen molar-refractivity contribution < 1.29 is 4.42 Å². The van der Waals surface area contributed by atoms with Gasteiger partial charge in [0.15, 0.2) is 5.13 Å². The number of thioether (sulfide) groups is 1. The van der Waals surface area contributed by atoms with E-state index in [1.54, 1.807) is 11.3 Å². The maximum atomic E-state index is 5.79. The van der Waals surface area contributed by atoms with Gasteiger partial charge in [-0.25, -0.2) is 4.98 Å². The lowest BCUT2D eigenvalue weighted by Gasteiger charge is -2.05. The molecule has 0 amide bonds. The molecule has 27 heavy (non-hydrogen) atoms. The van der Waals surface area contributed by atoms with E-state index in [4.69, 9.17) is 4.42 Å². The minimum absolute atomic E-state index is 0.551. The highest BCUT2D eigenvalue weighted by Crippen LogP contribution is 2.29. The average Bonchev–Trinajstić information content (AvgIpc) is 3.32. The predicted molar refractivity (Wildman–Crippen MR) is 111 cm³/mol. The molecule has 0 bridgehead atoms. The maximum absolute atomic E-state index is 5.79. The van der Waals surface area contributed by atoms with Gasteiger partial charge >= 0.3 is 0 Å². The summed E-state index contributed by atoms with van der Waals surface area (Å²) in [7, 11) is 0. The van der Waals surface area contributed by atoms with Crippen LogP contribution >= 0.6 is 23.1 Å². The number of nitrogens with zero attached hydrogens (tertiary/aromatic N) is 3. The number of anilines is 2. The summed E-state index contributed by atoms with van der Waals surface area (Å²) in [5.41, 5.74) is 5.33. The number of thiazole rings is 1. The molecule has 0 saturated heterocycles. The first-order valence-corrected chi connectivity index (χ1v) is 10.3. The van der Waals surface area contributed by atoms with Crippen LogP contribution in [-0.2, 0) is 5.75 Å². The summed E-state index contributed by atoms with van der Waals surface area (Å²) in [6, 6.07) is 16.2. The minimum Gasteiger partial charge on any atom is -0.411 e. The average molecular weight is 395 g/mol. The molecule has 4 aromatic rings. The van der Waals surface area contributed by atoms with E-state index in [0.717, 1.165) is 27.6 Å². The van der Waals surface area contributed by atoms with Crippen LogP contribution in [0, 0.1) is 13.8 Å². The van der Waals surface area contributed by atoms with Gasteiger partial charge in [-0.05, 0) is 37.1 Å². The van der Waals surface area contributed by atoms with Gasteiger partial charge < -0.3 is 9.73 Å². The number of aromatic nitrogens is 3. The normalized spacial score (nSPS) is 10.9. The number of para-hydroxylation sites is 1. The predicted octanol–water partition coefficient (Wildman–Crippen LogP) is 5.85. The Bertz CT molecular complexity index is 1060. The molecule has 5 nitrogen and oxygen atoms in total. The van der Waals surface area contributed by atoms with Crippen molar-refractivity contribution in [3.8, 4) is 11.5 Å². The summed E-state index contributed by atoms with van der Waals surface area (Å²) in [5, 5.41) is 15.2. The van der Waals surface area contributed by atoms with Crippen LogP contribution in [0.4, 0.5) is 10.8 Å². The van der Waals surface area contributed by atoms with Gasteiger partial charge in [-0.3, -0.25) is 0 Å². The van der Waals surface area contributed by atoms with Gasteiger partial charge in [0.25, 0.3) is 5.22 Å². The third-order valence-corrected chi connectivity index (χ3v) is 5.72. The SMILES string of the molecule is Cc1ccccc1Nc1nc(CSc2nnc(-c3ccccc3C)o2)cs1. The van der Waals surface area contributed by atoms with Crippen LogP contribution in [-0.4, -0.2) is 15.2 Å². The summed E-state index contributed by atoms with van der Waals surface area (Å²) in [4.78, 5) is 4.64. The Balaban J connectivity index is 1.39. The Hall–Kier alpha value is -2.64. The van der Waals surface area contributed by atoms with E-state index >= 15 is 0 Å². The maximum Gasteiger partial charge on any atom is 0.277 e. The lowest BCUT2D eigenvalue weighted by molar-refractivity contribution is 0.465. The fourth-order valence-electron chi connectivity index (χ4n) is 2.58. The van der Waals surface area contributed by atoms with Gasteiger partial charge in [0.05, 0.1) is 5.69 Å². The first-order chi connectivity index (χ1) is 13.2. The van der Waals surface area contributed by atoms with Crippen LogP contribution in [0.5, 0.6) is 0 Å². The largest absolute Gasteiger partial charge is 0.411 e. The summed E-state index contributed by atoms with van der Waals surface area (Å²) >= 11 is 3.08. The van der Waals surface area contributed by atoms with Crippen LogP contribution in [0.15, 0.2) is 63.6 Å². The van der Waals surface area contributed by atoms with Crippen LogP contribution in [0.2, 0.25) is 0 Å². The Morgan fingerprint density at radius 2 is 1.78 bits per heavy atom. The summed E-state index contributed by atoms with van der Waals surface area (Å²) in [5.74, 6) is 1.23. The molecule has 0 spiro atoms. The summed E-state index contributed by atoms with van der Waals surface area (Å²) in [6.07, 6.45) is 0. The van der Waals surface area contributed by atoms with Crippen molar-refractivity contribution in [2.45, 2.75) is 24.8 Å². The molecular formula is C20H18N4OS2. The summed E-state index contributed by atoms with van der Waals surface area (Å²) in [6.45, 7) is 4.11. The lowest BCUT2D eigenvalue weighted by atomic mass is 10.1. The Morgan fingerprint density at radius 3 is 2.59 bits per heavy atom. The van der Waals surface area contributed by atoms with Gasteiger partial charge in [-0.15, -0.1) is 21.5 Å². The number of hydrogen-bond acceptors (Lipinski definition) is 7. The van der Waals surface area contributed by atoms with Crippen LogP contribution in [0.25, 0.3) is 11.5 Å². The van der Waals surface area contributed by atoms with Crippen LogP contribution in [0.1, 0.15) is 16.8 Å². The van der Waals surface area contributed by atoms with Crippen LogP contribution < -0.4 is 5.32 Å². The van der Waals surface area contributed by atoms with Gasteiger partial charge in [-0.2, -0.15) is 0 Å². The third kappa shape index (κ3) is 4.20. The second-order valence-corrected chi connectivity index (χ2v) is 7.85. The second kappa shape index (κ2) is 7.94. The zero-order valence-corrected chi connectivity index (χ0v) is 16.6. The quantitative estimate of drug-likeness (QED) is 0.414. The molecule has 0 aliphatic heterocycles. The molecule has 0 fully saturated rings. The summed E-state index contributed by atoms with van der Waals surface area (Å²) < 4.78 is 5.79. The molecular weight excluding hydrogens is 376 g/mol. The van der Waals surface area contributed by atoms with Crippen molar-refractivity contribution in [2.75, 3.05) is 5.32 Å². The molecule has 0 atom stereocenters. The van der Waals surface area contributed by atoms with Crippen LogP contribution in [0.3, 0.4) is 0 Å². The van der Waals surface area contributed by atoms with E-state index in [-0.39, 0.29) is 0 Å². The number of hydrogen-bond donors (Lipinski definition) is 1. The van der Waals surface area contributed by atoms with Crippen molar-refractivity contribution in [1.29, 1.82) is 0 Å².